The van der Waals surface area contributed by atoms with Crippen molar-refractivity contribution in [3.63, 3.8) is 0 Å². The summed E-state index contributed by atoms with van der Waals surface area (Å²) < 4.78 is 35.2. The first-order chi connectivity index (χ1) is 6.49. The van der Waals surface area contributed by atoms with E-state index in [2.05, 4.69) is 0 Å². The second kappa shape index (κ2) is 4.26. The first-order valence-electron chi connectivity index (χ1n) is 3.98. The highest BCUT2D eigenvalue weighted by Gasteiger charge is 2.28. The SMILES string of the molecule is O=C(C[CH]C(F)(F)F)c1ccccc1. The van der Waals surface area contributed by atoms with Crippen LogP contribution in [-0.2, 0) is 0 Å². The summed E-state index contributed by atoms with van der Waals surface area (Å²) in [5, 5.41) is 0. The number of hydrogen-bond donors (Lipinski definition) is 0. The van der Waals surface area contributed by atoms with Crippen LogP contribution in [-0.4, -0.2) is 12.0 Å². The van der Waals surface area contributed by atoms with Crippen molar-refractivity contribution in [1.82, 2.24) is 0 Å². The number of rotatable bonds is 3. The molecule has 1 aromatic carbocycles. The molecule has 0 saturated carbocycles. The lowest BCUT2D eigenvalue weighted by Gasteiger charge is -2.04. The Morgan fingerprint density at radius 2 is 1.79 bits per heavy atom. The third-order valence-corrected chi connectivity index (χ3v) is 1.61. The first-order valence-corrected chi connectivity index (χ1v) is 3.98. The number of benzene rings is 1. The number of alkyl halides is 3. The van der Waals surface area contributed by atoms with Gasteiger partial charge in [0.1, 0.15) is 0 Å². The molecule has 1 rings (SSSR count). The molecule has 0 amide bonds. The van der Waals surface area contributed by atoms with Crippen LogP contribution in [0.1, 0.15) is 16.8 Å². The molecular weight excluding hydrogens is 193 g/mol. The zero-order chi connectivity index (χ0) is 10.6. The van der Waals surface area contributed by atoms with Crippen LogP contribution in [0.3, 0.4) is 0 Å². The Bertz CT molecular complexity index is 303. The number of ketones is 1. The minimum Gasteiger partial charge on any atom is -0.294 e. The highest BCUT2D eigenvalue weighted by Crippen LogP contribution is 2.21. The minimum absolute atomic E-state index is 0.0579. The summed E-state index contributed by atoms with van der Waals surface area (Å²) in [4.78, 5) is 11.2. The molecule has 1 aromatic rings. The number of carbonyl (C=O) groups is 1. The lowest BCUT2D eigenvalue weighted by atomic mass is 10.1. The van der Waals surface area contributed by atoms with Gasteiger partial charge in [-0.05, 0) is 0 Å². The minimum atomic E-state index is -4.38. The average molecular weight is 201 g/mol. The summed E-state index contributed by atoms with van der Waals surface area (Å²) >= 11 is 0. The molecule has 0 spiro atoms. The van der Waals surface area contributed by atoms with E-state index in [0.717, 1.165) is 0 Å². The molecule has 0 aliphatic carbocycles. The van der Waals surface area contributed by atoms with Crippen molar-refractivity contribution < 1.29 is 18.0 Å². The maximum absolute atomic E-state index is 11.7. The predicted octanol–water partition coefficient (Wildman–Crippen LogP) is 3.03. The van der Waals surface area contributed by atoms with Crippen molar-refractivity contribution in [2.45, 2.75) is 12.6 Å². The monoisotopic (exact) mass is 201 g/mol. The molecular formula is C10H8F3O. The van der Waals surface area contributed by atoms with Crippen LogP contribution < -0.4 is 0 Å². The maximum Gasteiger partial charge on any atom is 0.392 e. The van der Waals surface area contributed by atoms with Crippen LogP contribution in [0, 0.1) is 6.42 Å². The van der Waals surface area contributed by atoms with Gasteiger partial charge in [-0.25, -0.2) is 0 Å². The topological polar surface area (TPSA) is 17.1 Å². The molecule has 4 heteroatoms. The van der Waals surface area contributed by atoms with E-state index in [4.69, 9.17) is 0 Å². The fourth-order valence-electron chi connectivity index (χ4n) is 0.950. The maximum atomic E-state index is 11.7. The van der Waals surface area contributed by atoms with Gasteiger partial charge in [-0.15, -0.1) is 0 Å². The molecule has 0 N–H and O–H groups in total. The van der Waals surface area contributed by atoms with Gasteiger partial charge in [0.2, 0.25) is 0 Å². The molecule has 0 aromatic heterocycles. The Labute approximate surface area is 79.5 Å². The van der Waals surface area contributed by atoms with E-state index in [9.17, 15) is 18.0 Å². The van der Waals surface area contributed by atoms with Crippen LogP contribution in [0.2, 0.25) is 0 Å². The van der Waals surface area contributed by atoms with Crippen molar-refractivity contribution in [3.8, 4) is 0 Å². The fourth-order valence-corrected chi connectivity index (χ4v) is 0.950. The zero-order valence-corrected chi connectivity index (χ0v) is 7.21. The van der Waals surface area contributed by atoms with Crippen LogP contribution in [0.25, 0.3) is 0 Å². The van der Waals surface area contributed by atoms with Crippen molar-refractivity contribution in [2.24, 2.45) is 0 Å². The summed E-state index contributed by atoms with van der Waals surface area (Å²) in [6.45, 7) is 0. The normalized spacial score (nSPS) is 11.4. The van der Waals surface area contributed by atoms with E-state index in [1.54, 1.807) is 18.2 Å². The van der Waals surface area contributed by atoms with Gasteiger partial charge in [-0.2, -0.15) is 13.2 Å². The molecule has 0 bridgehead atoms. The molecule has 0 atom stereocenters. The van der Waals surface area contributed by atoms with Crippen LogP contribution in [0.4, 0.5) is 13.2 Å². The van der Waals surface area contributed by atoms with Gasteiger partial charge in [0.15, 0.2) is 5.78 Å². The van der Waals surface area contributed by atoms with Gasteiger partial charge in [0.25, 0.3) is 0 Å². The zero-order valence-electron chi connectivity index (χ0n) is 7.21. The number of hydrogen-bond acceptors (Lipinski definition) is 1. The molecule has 14 heavy (non-hydrogen) atoms. The highest BCUT2D eigenvalue weighted by molar-refractivity contribution is 5.96. The van der Waals surface area contributed by atoms with Crippen molar-refractivity contribution in [2.75, 3.05) is 0 Å². The molecule has 1 nitrogen and oxygen atoms in total. The van der Waals surface area contributed by atoms with Crippen LogP contribution >= 0.6 is 0 Å². The molecule has 0 fully saturated rings. The lowest BCUT2D eigenvalue weighted by molar-refractivity contribution is -0.0973. The molecule has 75 valence electrons. The molecule has 1 radical (unpaired) electrons. The van der Waals surface area contributed by atoms with Crippen molar-refractivity contribution in [1.29, 1.82) is 0 Å². The van der Waals surface area contributed by atoms with Gasteiger partial charge < -0.3 is 0 Å². The molecule has 0 heterocycles. The first kappa shape index (κ1) is 10.8. The Hall–Kier alpha value is -1.32. The van der Waals surface area contributed by atoms with E-state index in [1.165, 1.54) is 12.1 Å². The van der Waals surface area contributed by atoms with E-state index in [0.29, 0.717) is 5.56 Å². The summed E-state index contributed by atoms with van der Waals surface area (Å²) in [7, 11) is 0. The second-order valence-corrected chi connectivity index (χ2v) is 2.74. The standard InChI is InChI=1S/C10H8F3O/c11-10(12,13)7-6-9(14)8-4-2-1-3-5-8/h1-5,7H,6H2. The average Bonchev–Trinajstić information content (AvgIpc) is 2.14. The molecule has 0 unspecified atom stereocenters. The van der Waals surface area contributed by atoms with Gasteiger partial charge in [-0.3, -0.25) is 4.79 Å². The Morgan fingerprint density at radius 1 is 1.21 bits per heavy atom. The van der Waals surface area contributed by atoms with E-state index >= 15 is 0 Å². The Balaban J connectivity index is 2.52. The van der Waals surface area contributed by atoms with Crippen molar-refractivity contribution in [3.05, 3.63) is 42.3 Å². The second-order valence-electron chi connectivity index (χ2n) is 2.74. The predicted molar refractivity (Wildman–Crippen MR) is 45.7 cm³/mol. The number of carbonyl (C=O) groups excluding carboxylic acids is 1. The fraction of sp³-hybridized carbons (Fsp3) is 0.200. The highest BCUT2D eigenvalue weighted by atomic mass is 19.4. The summed E-state index contributed by atoms with van der Waals surface area (Å²) in [6.07, 6.45) is -4.93. The van der Waals surface area contributed by atoms with E-state index in [1.807, 2.05) is 0 Å². The van der Waals surface area contributed by atoms with Crippen LogP contribution in [0.5, 0.6) is 0 Å². The molecule has 0 aliphatic heterocycles. The van der Waals surface area contributed by atoms with Crippen molar-refractivity contribution >= 4 is 5.78 Å². The summed E-state index contributed by atoms with van der Waals surface area (Å²) in [5.74, 6) is -0.525. The lowest BCUT2D eigenvalue weighted by Crippen LogP contribution is -2.11. The summed E-state index contributed by atoms with van der Waals surface area (Å²) in [6, 6.07) is 7.91. The summed E-state index contributed by atoms with van der Waals surface area (Å²) in [5.41, 5.74) is 0.299. The molecule has 0 saturated heterocycles. The van der Waals surface area contributed by atoms with Gasteiger partial charge >= 0.3 is 6.18 Å². The molecule has 0 aliphatic rings. The van der Waals surface area contributed by atoms with Crippen LogP contribution in [0.15, 0.2) is 30.3 Å². The number of halogens is 3. The third-order valence-electron chi connectivity index (χ3n) is 1.61. The largest absolute Gasteiger partial charge is 0.392 e. The van der Waals surface area contributed by atoms with Gasteiger partial charge in [-0.1, -0.05) is 30.3 Å². The Kier molecular flexibility index (Phi) is 3.28. The van der Waals surface area contributed by atoms with E-state index < -0.39 is 18.4 Å². The quantitative estimate of drug-likeness (QED) is 0.687. The smallest absolute Gasteiger partial charge is 0.294 e. The third kappa shape index (κ3) is 3.60. The van der Waals surface area contributed by atoms with E-state index in [-0.39, 0.29) is 6.42 Å². The van der Waals surface area contributed by atoms with Gasteiger partial charge in [0.05, 0.1) is 6.42 Å². The number of Topliss-reactive ketones (excluding diaryl/α,β-unsaturated/α-hetero) is 1. The Morgan fingerprint density at radius 3 is 2.29 bits per heavy atom. The van der Waals surface area contributed by atoms with Gasteiger partial charge in [0, 0.05) is 12.0 Å².